The van der Waals surface area contributed by atoms with E-state index in [9.17, 15) is 4.79 Å². The van der Waals surface area contributed by atoms with Gasteiger partial charge in [-0.15, -0.1) is 0 Å². The van der Waals surface area contributed by atoms with E-state index in [-0.39, 0.29) is 5.02 Å². The van der Waals surface area contributed by atoms with Crippen molar-refractivity contribution in [3.8, 4) is 11.5 Å². The lowest BCUT2D eigenvalue weighted by atomic mass is 10.0. The zero-order chi connectivity index (χ0) is 16.3. The van der Waals surface area contributed by atoms with Crippen LogP contribution in [0.2, 0.25) is 10.0 Å². The third-order valence-electron chi connectivity index (χ3n) is 3.18. The third-order valence-corrected chi connectivity index (χ3v) is 3.82. The highest BCUT2D eigenvalue weighted by Crippen LogP contribution is 2.32. The van der Waals surface area contributed by atoms with Crippen molar-refractivity contribution in [1.29, 1.82) is 0 Å². The Labute approximate surface area is 139 Å². The molecule has 22 heavy (non-hydrogen) atoms. The molecule has 0 saturated heterocycles. The summed E-state index contributed by atoms with van der Waals surface area (Å²) in [5.74, 6) is 0.985. The van der Waals surface area contributed by atoms with Gasteiger partial charge in [0.2, 0.25) is 0 Å². The Kier molecular flexibility index (Phi) is 5.33. The number of carbonyl (C=O) groups is 1. The lowest BCUT2D eigenvalue weighted by Crippen LogP contribution is -2.01. The first-order valence-corrected chi connectivity index (χ1v) is 7.53. The quantitative estimate of drug-likeness (QED) is 0.671. The Bertz CT molecular complexity index is 696. The van der Waals surface area contributed by atoms with Crippen LogP contribution in [-0.4, -0.2) is 13.1 Å². The fourth-order valence-corrected chi connectivity index (χ4v) is 2.65. The summed E-state index contributed by atoms with van der Waals surface area (Å²) in [6.07, 6.45) is 0. The minimum Gasteiger partial charge on any atom is -0.465 e. The zero-order valence-electron chi connectivity index (χ0n) is 12.5. The molecular formula is C17H16Cl2O3. The number of hydrogen-bond acceptors (Lipinski definition) is 3. The summed E-state index contributed by atoms with van der Waals surface area (Å²) in [4.78, 5) is 11.5. The number of halogens is 2. The molecule has 0 aromatic heterocycles. The second-order valence-electron chi connectivity index (χ2n) is 5.07. The lowest BCUT2D eigenvalue weighted by Gasteiger charge is -2.11. The monoisotopic (exact) mass is 338 g/mol. The molecule has 0 spiro atoms. The first kappa shape index (κ1) is 16.7. The highest BCUT2D eigenvalue weighted by molar-refractivity contribution is 6.33. The standard InChI is InChI=1S/C17H16Cl2O3/c1-10(2)13-6-4-11(8-15(13)18)22-12-5-7-14(16(19)9-12)17(20)21-3/h4-10H,1-3H3. The average Bonchev–Trinajstić information content (AvgIpc) is 2.46. The number of hydrogen-bond donors (Lipinski definition) is 0. The first-order valence-electron chi connectivity index (χ1n) is 6.77. The second kappa shape index (κ2) is 7.03. The van der Waals surface area contributed by atoms with Crippen molar-refractivity contribution >= 4 is 29.2 Å². The van der Waals surface area contributed by atoms with Gasteiger partial charge in [-0.3, -0.25) is 0 Å². The number of benzene rings is 2. The number of esters is 1. The first-order chi connectivity index (χ1) is 10.4. The maximum Gasteiger partial charge on any atom is 0.339 e. The van der Waals surface area contributed by atoms with E-state index >= 15 is 0 Å². The fraction of sp³-hybridized carbons (Fsp3) is 0.235. The van der Waals surface area contributed by atoms with E-state index in [4.69, 9.17) is 27.9 Å². The van der Waals surface area contributed by atoms with Crippen LogP contribution in [0.15, 0.2) is 36.4 Å². The van der Waals surface area contributed by atoms with Crippen molar-refractivity contribution < 1.29 is 14.3 Å². The molecule has 0 aliphatic rings. The Morgan fingerprint density at radius 2 is 1.59 bits per heavy atom. The SMILES string of the molecule is COC(=O)c1ccc(Oc2ccc(C(C)C)c(Cl)c2)cc1Cl. The molecule has 0 fully saturated rings. The summed E-state index contributed by atoms with van der Waals surface area (Å²) in [5, 5.41) is 0.930. The molecule has 0 heterocycles. The van der Waals surface area contributed by atoms with Gasteiger partial charge in [0.15, 0.2) is 0 Å². The summed E-state index contributed by atoms with van der Waals surface area (Å²) in [6, 6.07) is 10.3. The third kappa shape index (κ3) is 3.73. The van der Waals surface area contributed by atoms with E-state index in [1.165, 1.54) is 7.11 Å². The van der Waals surface area contributed by atoms with Crippen molar-refractivity contribution in [2.24, 2.45) is 0 Å². The summed E-state index contributed by atoms with van der Waals surface area (Å²) >= 11 is 12.3. The molecule has 2 rings (SSSR count). The van der Waals surface area contributed by atoms with Crippen LogP contribution in [0.1, 0.15) is 35.7 Å². The Morgan fingerprint density at radius 1 is 1.00 bits per heavy atom. The minimum absolute atomic E-state index is 0.272. The van der Waals surface area contributed by atoms with Crippen molar-refractivity contribution in [2.45, 2.75) is 19.8 Å². The van der Waals surface area contributed by atoms with Crippen LogP contribution in [0.3, 0.4) is 0 Å². The van der Waals surface area contributed by atoms with Crippen LogP contribution in [0.5, 0.6) is 11.5 Å². The molecule has 0 radical (unpaired) electrons. The topological polar surface area (TPSA) is 35.5 Å². The molecule has 0 atom stereocenters. The molecule has 0 N–H and O–H groups in total. The lowest BCUT2D eigenvalue weighted by molar-refractivity contribution is 0.0601. The molecule has 0 bridgehead atoms. The summed E-state index contributed by atoms with van der Waals surface area (Å²) in [6.45, 7) is 4.15. The van der Waals surface area contributed by atoms with Gasteiger partial charge in [-0.05, 0) is 35.7 Å². The molecule has 0 aliphatic heterocycles. The van der Waals surface area contributed by atoms with Gasteiger partial charge < -0.3 is 9.47 Å². The maximum absolute atomic E-state index is 11.5. The van der Waals surface area contributed by atoms with Gasteiger partial charge in [0.05, 0.1) is 17.7 Å². The normalized spacial score (nSPS) is 10.6. The van der Waals surface area contributed by atoms with Crippen molar-refractivity contribution in [3.05, 3.63) is 57.6 Å². The molecule has 2 aromatic carbocycles. The highest BCUT2D eigenvalue weighted by atomic mass is 35.5. The molecule has 0 amide bonds. The van der Waals surface area contributed by atoms with Crippen LogP contribution in [-0.2, 0) is 4.74 Å². The number of carbonyl (C=O) groups excluding carboxylic acids is 1. The summed E-state index contributed by atoms with van der Waals surface area (Å²) < 4.78 is 10.4. The van der Waals surface area contributed by atoms with Gasteiger partial charge in [-0.25, -0.2) is 4.79 Å². The average molecular weight is 339 g/mol. The minimum atomic E-state index is -0.485. The van der Waals surface area contributed by atoms with E-state index in [1.807, 2.05) is 12.1 Å². The van der Waals surface area contributed by atoms with Gasteiger partial charge in [0.25, 0.3) is 0 Å². The smallest absolute Gasteiger partial charge is 0.339 e. The Morgan fingerprint density at radius 3 is 2.09 bits per heavy atom. The van der Waals surface area contributed by atoms with Crippen molar-refractivity contribution in [1.82, 2.24) is 0 Å². The van der Waals surface area contributed by atoms with Crippen LogP contribution in [0.25, 0.3) is 0 Å². The van der Waals surface area contributed by atoms with E-state index in [0.29, 0.717) is 28.0 Å². The van der Waals surface area contributed by atoms with E-state index < -0.39 is 5.97 Å². The van der Waals surface area contributed by atoms with E-state index in [0.717, 1.165) is 5.56 Å². The zero-order valence-corrected chi connectivity index (χ0v) is 14.0. The number of ether oxygens (including phenoxy) is 2. The van der Waals surface area contributed by atoms with Crippen LogP contribution in [0, 0.1) is 0 Å². The second-order valence-corrected chi connectivity index (χ2v) is 5.89. The molecule has 0 saturated carbocycles. The predicted molar refractivity (Wildman–Crippen MR) is 88.4 cm³/mol. The Hall–Kier alpha value is -1.71. The van der Waals surface area contributed by atoms with E-state index in [2.05, 4.69) is 18.6 Å². The Balaban J connectivity index is 2.23. The van der Waals surface area contributed by atoms with Gasteiger partial charge in [0.1, 0.15) is 11.5 Å². The molecule has 0 aliphatic carbocycles. The molecule has 2 aromatic rings. The number of rotatable bonds is 4. The highest BCUT2D eigenvalue weighted by Gasteiger charge is 2.12. The van der Waals surface area contributed by atoms with Crippen molar-refractivity contribution in [3.63, 3.8) is 0 Å². The maximum atomic E-state index is 11.5. The molecular weight excluding hydrogens is 323 g/mol. The molecule has 5 heteroatoms. The largest absolute Gasteiger partial charge is 0.465 e. The van der Waals surface area contributed by atoms with Crippen LogP contribution in [0.4, 0.5) is 0 Å². The van der Waals surface area contributed by atoms with Gasteiger partial charge in [0, 0.05) is 11.1 Å². The van der Waals surface area contributed by atoms with Crippen LogP contribution >= 0.6 is 23.2 Å². The van der Waals surface area contributed by atoms with Gasteiger partial charge in [-0.1, -0.05) is 43.1 Å². The molecule has 0 unspecified atom stereocenters. The van der Waals surface area contributed by atoms with Crippen LogP contribution < -0.4 is 4.74 Å². The molecule has 116 valence electrons. The predicted octanol–water partition coefficient (Wildman–Crippen LogP) is 5.70. The molecule has 3 nitrogen and oxygen atoms in total. The summed E-state index contributed by atoms with van der Waals surface area (Å²) in [5.41, 5.74) is 1.36. The fourth-order valence-electron chi connectivity index (χ4n) is 2.01. The van der Waals surface area contributed by atoms with Gasteiger partial charge in [-0.2, -0.15) is 0 Å². The number of methoxy groups -OCH3 is 1. The summed E-state index contributed by atoms with van der Waals surface area (Å²) in [7, 11) is 1.31. The van der Waals surface area contributed by atoms with Crippen molar-refractivity contribution in [2.75, 3.05) is 7.11 Å². The van der Waals surface area contributed by atoms with E-state index in [1.54, 1.807) is 24.3 Å². The van der Waals surface area contributed by atoms with Gasteiger partial charge >= 0.3 is 5.97 Å².